The average Bonchev–Trinajstić information content (AvgIpc) is 2.37. The molecule has 9 heteroatoms. The lowest BCUT2D eigenvalue weighted by Gasteiger charge is -2.08. The smallest absolute Gasteiger partial charge is 0.278 e. The van der Waals surface area contributed by atoms with Gasteiger partial charge in [0, 0.05) is 6.07 Å². The Morgan fingerprint density at radius 2 is 2.16 bits per heavy atom. The number of nitrogens with one attached hydrogen (secondary N) is 1. The van der Waals surface area contributed by atoms with Crippen LogP contribution in [-0.4, -0.2) is 30.5 Å². The number of methoxy groups -OCH3 is 1. The average molecular weight is 269 g/mol. The van der Waals surface area contributed by atoms with Crippen molar-refractivity contribution in [2.45, 2.75) is 0 Å². The molecule has 9 nitrogen and oxygen atoms in total. The molecule has 0 fully saturated rings. The van der Waals surface area contributed by atoms with E-state index in [2.05, 4.69) is 4.84 Å². The number of rotatable bonds is 6. The minimum atomic E-state index is -0.754. The molecule has 2 amide bonds. The fourth-order valence-electron chi connectivity index (χ4n) is 1.21. The number of amides is 2. The highest BCUT2D eigenvalue weighted by atomic mass is 16.7. The third kappa shape index (κ3) is 3.92. The van der Waals surface area contributed by atoms with Crippen LogP contribution in [0.25, 0.3) is 0 Å². The predicted octanol–water partition coefficient (Wildman–Crippen LogP) is -0.250. The number of carbonyl (C=O) groups excluding carboxylic acids is 2. The van der Waals surface area contributed by atoms with Crippen molar-refractivity contribution >= 4 is 17.5 Å². The highest BCUT2D eigenvalue weighted by Crippen LogP contribution is 2.24. The molecule has 1 aromatic carbocycles. The topological polar surface area (TPSA) is 134 Å². The minimum Gasteiger partial charge on any atom is -0.496 e. The van der Waals surface area contributed by atoms with E-state index in [1.54, 1.807) is 0 Å². The van der Waals surface area contributed by atoms with Gasteiger partial charge in [-0.25, -0.2) is 5.48 Å². The Labute approximate surface area is 107 Å². The summed E-state index contributed by atoms with van der Waals surface area (Å²) in [6.45, 7) is -0.485. The van der Waals surface area contributed by atoms with Crippen LogP contribution < -0.4 is 16.0 Å². The SMILES string of the molecule is COc1cc([N+](=O)[O-])ccc1C(=O)NOCC(N)=O. The lowest BCUT2D eigenvalue weighted by Crippen LogP contribution is -2.29. The molecule has 0 saturated heterocycles. The molecule has 0 atom stereocenters. The monoisotopic (exact) mass is 269 g/mol. The van der Waals surface area contributed by atoms with E-state index in [0.717, 1.165) is 12.1 Å². The Kier molecular flexibility index (Phi) is 4.77. The van der Waals surface area contributed by atoms with Crippen molar-refractivity contribution in [3.8, 4) is 5.75 Å². The van der Waals surface area contributed by atoms with Crippen LogP contribution in [0.2, 0.25) is 0 Å². The van der Waals surface area contributed by atoms with Gasteiger partial charge in [-0.1, -0.05) is 0 Å². The highest BCUT2D eigenvalue weighted by Gasteiger charge is 2.17. The van der Waals surface area contributed by atoms with Gasteiger partial charge in [0.25, 0.3) is 11.6 Å². The van der Waals surface area contributed by atoms with Gasteiger partial charge in [-0.3, -0.25) is 24.5 Å². The summed E-state index contributed by atoms with van der Waals surface area (Å²) in [4.78, 5) is 36.5. The number of ether oxygens (including phenoxy) is 1. The first-order valence-electron chi connectivity index (χ1n) is 4.98. The van der Waals surface area contributed by atoms with Crippen LogP contribution in [0.1, 0.15) is 10.4 Å². The summed E-state index contributed by atoms with van der Waals surface area (Å²) in [5, 5.41) is 10.6. The second-order valence-electron chi connectivity index (χ2n) is 3.33. The van der Waals surface area contributed by atoms with E-state index < -0.39 is 23.3 Å². The van der Waals surface area contributed by atoms with Crippen molar-refractivity contribution < 1.29 is 24.1 Å². The lowest BCUT2D eigenvalue weighted by atomic mass is 10.1. The molecule has 102 valence electrons. The zero-order valence-corrected chi connectivity index (χ0v) is 9.91. The summed E-state index contributed by atoms with van der Waals surface area (Å²) in [6.07, 6.45) is 0. The molecule has 19 heavy (non-hydrogen) atoms. The zero-order valence-electron chi connectivity index (χ0n) is 9.91. The van der Waals surface area contributed by atoms with E-state index in [-0.39, 0.29) is 17.0 Å². The summed E-state index contributed by atoms with van der Waals surface area (Å²) < 4.78 is 4.87. The van der Waals surface area contributed by atoms with Gasteiger partial charge in [0.1, 0.15) is 5.75 Å². The van der Waals surface area contributed by atoms with Gasteiger partial charge in [0.2, 0.25) is 5.91 Å². The summed E-state index contributed by atoms with van der Waals surface area (Å²) in [7, 11) is 1.26. The highest BCUT2D eigenvalue weighted by molar-refractivity contribution is 5.96. The van der Waals surface area contributed by atoms with Gasteiger partial charge in [-0.2, -0.15) is 0 Å². The first-order valence-corrected chi connectivity index (χ1v) is 4.98. The maximum Gasteiger partial charge on any atom is 0.278 e. The van der Waals surface area contributed by atoms with E-state index in [1.165, 1.54) is 13.2 Å². The van der Waals surface area contributed by atoms with Gasteiger partial charge >= 0.3 is 0 Å². The summed E-state index contributed by atoms with van der Waals surface area (Å²) >= 11 is 0. The molecule has 0 aliphatic rings. The van der Waals surface area contributed by atoms with Crippen molar-refractivity contribution in [1.29, 1.82) is 0 Å². The Morgan fingerprint density at radius 3 is 2.68 bits per heavy atom. The number of benzene rings is 1. The molecule has 0 spiro atoms. The van der Waals surface area contributed by atoms with Crippen LogP contribution >= 0.6 is 0 Å². The molecule has 0 aliphatic heterocycles. The second kappa shape index (κ2) is 6.31. The van der Waals surface area contributed by atoms with E-state index in [0.29, 0.717) is 0 Å². The molecule has 0 saturated carbocycles. The normalized spacial score (nSPS) is 9.74. The van der Waals surface area contributed by atoms with E-state index in [1.807, 2.05) is 5.48 Å². The van der Waals surface area contributed by atoms with E-state index in [9.17, 15) is 19.7 Å². The Bertz CT molecular complexity index is 516. The van der Waals surface area contributed by atoms with Crippen LogP contribution in [0.4, 0.5) is 5.69 Å². The minimum absolute atomic E-state index is 0.00868. The van der Waals surface area contributed by atoms with Crippen molar-refractivity contribution in [2.75, 3.05) is 13.7 Å². The molecular formula is C10H11N3O6. The number of nitro benzene ring substituents is 1. The van der Waals surface area contributed by atoms with Crippen molar-refractivity contribution in [3.05, 3.63) is 33.9 Å². The molecule has 0 aromatic heterocycles. The molecule has 0 aliphatic carbocycles. The molecule has 0 bridgehead atoms. The summed E-state index contributed by atoms with van der Waals surface area (Å²) in [5.74, 6) is -1.46. The first kappa shape index (κ1) is 14.4. The molecule has 3 N–H and O–H groups in total. The first-order chi connectivity index (χ1) is 8.95. The zero-order chi connectivity index (χ0) is 14.4. The van der Waals surface area contributed by atoms with Crippen LogP contribution in [0.3, 0.4) is 0 Å². The van der Waals surface area contributed by atoms with Crippen LogP contribution in [0, 0.1) is 10.1 Å². The van der Waals surface area contributed by atoms with Gasteiger partial charge < -0.3 is 10.5 Å². The maximum atomic E-state index is 11.6. The summed E-state index contributed by atoms with van der Waals surface area (Å²) in [6, 6.07) is 3.45. The third-order valence-electron chi connectivity index (χ3n) is 2.02. The fourth-order valence-corrected chi connectivity index (χ4v) is 1.21. The predicted molar refractivity (Wildman–Crippen MR) is 62.3 cm³/mol. The molecular weight excluding hydrogens is 258 g/mol. The molecule has 0 radical (unpaired) electrons. The van der Waals surface area contributed by atoms with E-state index in [4.69, 9.17) is 10.5 Å². The fraction of sp³-hybridized carbons (Fsp3) is 0.200. The largest absolute Gasteiger partial charge is 0.496 e. The number of non-ortho nitro benzene ring substituents is 1. The van der Waals surface area contributed by atoms with Gasteiger partial charge in [-0.15, -0.1) is 0 Å². The maximum absolute atomic E-state index is 11.6. The van der Waals surface area contributed by atoms with Crippen molar-refractivity contribution in [3.63, 3.8) is 0 Å². The number of hydrogen-bond donors (Lipinski definition) is 2. The number of primary amides is 1. The number of hydroxylamine groups is 1. The van der Waals surface area contributed by atoms with Crippen LogP contribution in [-0.2, 0) is 9.63 Å². The van der Waals surface area contributed by atoms with Gasteiger partial charge in [0.15, 0.2) is 6.61 Å². The summed E-state index contributed by atoms with van der Waals surface area (Å²) in [5.41, 5.74) is 6.59. The third-order valence-corrected chi connectivity index (χ3v) is 2.02. The number of nitrogens with zero attached hydrogens (tertiary/aromatic N) is 1. The van der Waals surface area contributed by atoms with Crippen LogP contribution in [0.5, 0.6) is 5.75 Å². The quantitative estimate of drug-likeness (QED) is 0.540. The van der Waals surface area contributed by atoms with Crippen LogP contribution in [0.15, 0.2) is 18.2 Å². The van der Waals surface area contributed by atoms with Gasteiger partial charge in [0.05, 0.1) is 23.7 Å². The van der Waals surface area contributed by atoms with E-state index >= 15 is 0 Å². The molecule has 0 heterocycles. The number of nitro groups is 1. The van der Waals surface area contributed by atoms with Crippen molar-refractivity contribution in [1.82, 2.24) is 5.48 Å². The second-order valence-corrected chi connectivity index (χ2v) is 3.33. The lowest BCUT2D eigenvalue weighted by molar-refractivity contribution is -0.384. The molecule has 0 unspecified atom stereocenters. The number of hydrogen-bond acceptors (Lipinski definition) is 6. The Morgan fingerprint density at radius 1 is 1.47 bits per heavy atom. The van der Waals surface area contributed by atoms with Crippen molar-refractivity contribution in [2.24, 2.45) is 5.73 Å². The molecule has 1 aromatic rings. The van der Waals surface area contributed by atoms with Gasteiger partial charge in [-0.05, 0) is 6.07 Å². The Balaban J connectivity index is 2.84. The Hall–Kier alpha value is -2.68. The molecule has 1 rings (SSSR count). The number of nitrogens with two attached hydrogens (primary N) is 1. The standard InChI is InChI=1S/C10H11N3O6/c1-18-8-4-6(13(16)17)2-3-7(8)10(15)12-19-5-9(11)14/h2-4H,5H2,1H3,(H2,11,14)(H,12,15). The number of carbonyl (C=O) groups is 2.